The molecule has 1 aliphatic rings. The maximum absolute atomic E-state index is 11.0. The van der Waals surface area contributed by atoms with Crippen molar-refractivity contribution in [1.29, 1.82) is 0 Å². The Balaban J connectivity index is 2.81. The van der Waals surface area contributed by atoms with Crippen molar-refractivity contribution in [3.8, 4) is 0 Å². The van der Waals surface area contributed by atoms with E-state index in [4.69, 9.17) is 0 Å². The summed E-state index contributed by atoms with van der Waals surface area (Å²) in [4.78, 5) is 11.0. The molecular weight excluding hydrogens is 140 g/mol. The molecule has 1 rings (SSSR count). The van der Waals surface area contributed by atoms with Crippen molar-refractivity contribution < 1.29 is 9.90 Å². The second-order valence-electron chi connectivity index (χ2n) is 3.03. The van der Waals surface area contributed by atoms with Crippen LogP contribution in [0.15, 0.2) is 23.8 Å². The molecule has 60 valence electrons. The summed E-state index contributed by atoms with van der Waals surface area (Å²) in [5.41, 5.74) is 0.514. The first-order chi connectivity index (χ1) is 5.11. The summed E-state index contributed by atoms with van der Waals surface area (Å²) in [6, 6.07) is 0. The SMILES string of the molecule is CC(C)/C=C1\C(=O)C=CC1O. The average molecular weight is 152 g/mol. The van der Waals surface area contributed by atoms with Crippen LogP contribution in [0, 0.1) is 5.92 Å². The summed E-state index contributed by atoms with van der Waals surface area (Å²) in [5, 5.41) is 9.23. The molecule has 11 heavy (non-hydrogen) atoms. The normalized spacial score (nSPS) is 27.5. The van der Waals surface area contributed by atoms with E-state index < -0.39 is 6.10 Å². The summed E-state index contributed by atoms with van der Waals surface area (Å²) < 4.78 is 0. The van der Waals surface area contributed by atoms with E-state index in [1.54, 1.807) is 6.08 Å². The Kier molecular flexibility index (Phi) is 2.25. The van der Waals surface area contributed by atoms with Gasteiger partial charge in [0.15, 0.2) is 5.78 Å². The molecule has 1 N–H and O–H groups in total. The van der Waals surface area contributed by atoms with Crippen molar-refractivity contribution in [3.05, 3.63) is 23.8 Å². The second-order valence-corrected chi connectivity index (χ2v) is 3.03. The van der Waals surface area contributed by atoms with Crippen molar-refractivity contribution in [2.24, 2.45) is 5.92 Å². The number of carbonyl (C=O) groups excluding carboxylic acids is 1. The van der Waals surface area contributed by atoms with E-state index in [2.05, 4.69) is 0 Å². The predicted molar refractivity (Wildman–Crippen MR) is 43.1 cm³/mol. The van der Waals surface area contributed by atoms with E-state index in [-0.39, 0.29) is 5.78 Å². The fraction of sp³-hybridized carbons (Fsp3) is 0.444. The van der Waals surface area contributed by atoms with E-state index >= 15 is 0 Å². The van der Waals surface area contributed by atoms with Crippen LogP contribution in [-0.4, -0.2) is 17.0 Å². The first-order valence-electron chi connectivity index (χ1n) is 3.73. The maximum atomic E-state index is 11.0. The quantitative estimate of drug-likeness (QED) is 0.570. The number of allylic oxidation sites excluding steroid dienone is 2. The number of carbonyl (C=O) groups is 1. The Labute approximate surface area is 66.2 Å². The third-order valence-electron chi connectivity index (χ3n) is 1.55. The van der Waals surface area contributed by atoms with Gasteiger partial charge >= 0.3 is 0 Å². The monoisotopic (exact) mass is 152 g/mol. The van der Waals surface area contributed by atoms with Gasteiger partial charge in [-0.15, -0.1) is 0 Å². The molecule has 0 saturated heterocycles. The van der Waals surface area contributed by atoms with Crippen LogP contribution in [0.1, 0.15) is 13.8 Å². The molecule has 2 nitrogen and oxygen atoms in total. The Morgan fingerprint density at radius 3 is 2.64 bits per heavy atom. The van der Waals surface area contributed by atoms with Gasteiger partial charge in [-0.2, -0.15) is 0 Å². The molecule has 0 saturated carbocycles. The van der Waals surface area contributed by atoms with Crippen LogP contribution < -0.4 is 0 Å². The lowest BCUT2D eigenvalue weighted by Gasteiger charge is -2.03. The number of ketones is 1. The largest absolute Gasteiger partial charge is 0.384 e. The van der Waals surface area contributed by atoms with Gasteiger partial charge in [-0.05, 0) is 18.1 Å². The maximum Gasteiger partial charge on any atom is 0.184 e. The first kappa shape index (κ1) is 8.21. The van der Waals surface area contributed by atoms with Gasteiger partial charge in [0, 0.05) is 5.57 Å². The smallest absolute Gasteiger partial charge is 0.184 e. The van der Waals surface area contributed by atoms with Crippen molar-refractivity contribution in [3.63, 3.8) is 0 Å². The van der Waals surface area contributed by atoms with Gasteiger partial charge in [0.1, 0.15) is 6.10 Å². The highest BCUT2D eigenvalue weighted by molar-refractivity contribution is 6.07. The van der Waals surface area contributed by atoms with Crippen LogP contribution in [0.4, 0.5) is 0 Å². The molecule has 1 atom stereocenters. The fourth-order valence-corrected chi connectivity index (χ4v) is 1.06. The molecule has 0 amide bonds. The lowest BCUT2D eigenvalue weighted by atomic mass is 10.1. The summed E-state index contributed by atoms with van der Waals surface area (Å²) in [6.45, 7) is 3.96. The van der Waals surface area contributed by atoms with Crippen molar-refractivity contribution in [2.75, 3.05) is 0 Å². The molecule has 0 radical (unpaired) electrons. The van der Waals surface area contributed by atoms with Gasteiger partial charge in [-0.1, -0.05) is 19.9 Å². The Morgan fingerprint density at radius 1 is 1.64 bits per heavy atom. The zero-order chi connectivity index (χ0) is 8.43. The molecule has 1 aliphatic carbocycles. The highest BCUT2D eigenvalue weighted by Gasteiger charge is 2.20. The molecule has 0 aliphatic heterocycles. The Hall–Kier alpha value is -0.890. The lowest BCUT2D eigenvalue weighted by molar-refractivity contribution is -0.111. The molecule has 2 heteroatoms. The minimum atomic E-state index is -0.676. The van der Waals surface area contributed by atoms with E-state index in [1.165, 1.54) is 12.2 Å². The third kappa shape index (κ3) is 1.77. The number of rotatable bonds is 1. The number of aliphatic hydroxyl groups is 1. The number of aliphatic hydroxyl groups excluding tert-OH is 1. The molecular formula is C9H12O2. The van der Waals surface area contributed by atoms with E-state index in [9.17, 15) is 9.90 Å². The minimum Gasteiger partial charge on any atom is -0.384 e. The zero-order valence-electron chi connectivity index (χ0n) is 6.74. The van der Waals surface area contributed by atoms with E-state index in [0.29, 0.717) is 11.5 Å². The standard InChI is InChI=1S/C9H12O2/c1-6(2)5-7-8(10)3-4-9(7)11/h3-6,8,10H,1-2H3/b7-5-. The van der Waals surface area contributed by atoms with Crippen LogP contribution in [-0.2, 0) is 4.79 Å². The number of hydrogen-bond donors (Lipinski definition) is 1. The Bertz CT molecular complexity index is 224. The summed E-state index contributed by atoms with van der Waals surface area (Å²) in [6.07, 6.45) is 4.05. The van der Waals surface area contributed by atoms with E-state index in [0.717, 1.165) is 0 Å². The highest BCUT2D eigenvalue weighted by atomic mass is 16.3. The molecule has 0 bridgehead atoms. The highest BCUT2D eigenvalue weighted by Crippen LogP contribution is 2.16. The van der Waals surface area contributed by atoms with Crippen molar-refractivity contribution >= 4 is 5.78 Å². The third-order valence-corrected chi connectivity index (χ3v) is 1.55. The Morgan fingerprint density at radius 2 is 2.27 bits per heavy atom. The molecule has 1 unspecified atom stereocenters. The van der Waals surface area contributed by atoms with Gasteiger partial charge in [-0.3, -0.25) is 4.79 Å². The van der Waals surface area contributed by atoms with Crippen LogP contribution in [0.3, 0.4) is 0 Å². The van der Waals surface area contributed by atoms with Crippen molar-refractivity contribution in [1.82, 2.24) is 0 Å². The summed E-state index contributed by atoms with van der Waals surface area (Å²) in [5.74, 6) is 0.245. The fourth-order valence-electron chi connectivity index (χ4n) is 1.06. The van der Waals surface area contributed by atoms with Crippen LogP contribution in [0.2, 0.25) is 0 Å². The lowest BCUT2D eigenvalue weighted by Crippen LogP contribution is -2.08. The molecule has 0 spiro atoms. The van der Waals surface area contributed by atoms with Gasteiger partial charge in [0.25, 0.3) is 0 Å². The summed E-state index contributed by atoms with van der Waals surface area (Å²) >= 11 is 0. The molecule has 0 aromatic carbocycles. The van der Waals surface area contributed by atoms with Gasteiger partial charge in [0.05, 0.1) is 0 Å². The summed E-state index contributed by atoms with van der Waals surface area (Å²) in [7, 11) is 0. The van der Waals surface area contributed by atoms with Crippen LogP contribution >= 0.6 is 0 Å². The van der Waals surface area contributed by atoms with Gasteiger partial charge in [0.2, 0.25) is 0 Å². The molecule has 0 heterocycles. The van der Waals surface area contributed by atoms with Gasteiger partial charge < -0.3 is 5.11 Å². The van der Waals surface area contributed by atoms with Crippen molar-refractivity contribution in [2.45, 2.75) is 20.0 Å². The van der Waals surface area contributed by atoms with Crippen LogP contribution in [0.25, 0.3) is 0 Å². The second kappa shape index (κ2) is 3.01. The van der Waals surface area contributed by atoms with Gasteiger partial charge in [-0.25, -0.2) is 0 Å². The minimum absolute atomic E-state index is 0.0637. The molecule has 0 fully saturated rings. The van der Waals surface area contributed by atoms with Crippen LogP contribution in [0.5, 0.6) is 0 Å². The average Bonchev–Trinajstić information content (AvgIpc) is 2.18. The first-order valence-corrected chi connectivity index (χ1v) is 3.73. The zero-order valence-corrected chi connectivity index (χ0v) is 6.74. The predicted octanol–water partition coefficient (Wildman–Crippen LogP) is 1.07. The topological polar surface area (TPSA) is 37.3 Å². The molecule has 0 aromatic heterocycles. The van der Waals surface area contributed by atoms with E-state index in [1.807, 2.05) is 13.8 Å². The number of hydrogen-bond acceptors (Lipinski definition) is 2. The molecule has 0 aromatic rings.